The van der Waals surface area contributed by atoms with E-state index in [2.05, 4.69) is 25.7 Å². The third-order valence-electron chi connectivity index (χ3n) is 2.38. The molecule has 17 heavy (non-hydrogen) atoms. The lowest BCUT2D eigenvalue weighted by molar-refractivity contribution is 0.419. The fourth-order valence-corrected chi connectivity index (χ4v) is 2.17. The van der Waals surface area contributed by atoms with Crippen LogP contribution in [0.5, 0.6) is 0 Å². The van der Waals surface area contributed by atoms with Gasteiger partial charge in [0.15, 0.2) is 0 Å². The molecule has 0 aliphatic heterocycles. The predicted octanol–water partition coefficient (Wildman–Crippen LogP) is 3.11. The largest absolute Gasteiger partial charge is 0.384 e. The summed E-state index contributed by atoms with van der Waals surface area (Å²) in [6.45, 7) is 7.37. The van der Waals surface area contributed by atoms with Crippen LogP contribution in [0.4, 0.5) is 5.69 Å². The van der Waals surface area contributed by atoms with Gasteiger partial charge in [0.05, 0.1) is 10.6 Å². The van der Waals surface area contributed by atoms with Gasteiger partial charge in [-0.25, -0.2) is 0 Å². The van der Waals surface area contributed by atoms with Gasteiger partial charge in [-0.2, -0.15) is 0 Å². The number of halogens is 1. The quantitative estimate of drug-likeness (QED) is 0.642. The summed E-state index contributed by atoms with van der Waals surface area (Å²) in [5.74, 6) is 0.00589. The lowest BCUT2D eigenvalue weighted by Crippen LogP contribution is -2.31. The van der Waals surface area contributed by atoms with E-state index in [4.69, 9.17) is 22.7 Å². The summed E-state index contributed by atoms with van der Waals surface area (Å²) in [4.78, 5) is 2.09. The Kier molecular flexibility index (Phi) is 4.04. The van der Waals surface area contributed by atoms with Crippen LogP contribution in [0, 0.1) is 10.8 Å². The van der Waals surface area contributed by atoms with Crippen LogP contribution in [0.25, 0.3) is 0 Å². The van der Waals surface area contributed by atoms with Crippen LogP contribution in [-0.2, 0) is 0 Å². The van der Waals surface area contributed by atoms with E-state index in [0.29, 0.717) is 10.6 Å². The van der Waals surface area contributed by atoms with Crippen molar-refractivity contribution < 1.29 is 0 Å². The molecule has 0 unspecified atom stereocenters. The number of nitrogens with one attached hydrogen (secondary N) is 1. The normalized spacial score (nSPS) is 11.4. The Morgan fingerprint density at radius 1 is 1.41 bits per heavy atom. The van der Waals surface area contributed by atoms with Crippen LogP contribution in [0.3, 0.4) is 0 Å². The van der Waals surface area contributed by atoms with E-state index in [9.17, 15) is 0 Å². The minimum absolute atomic E-state index is 0.00589. The highest BCUT2D eigenvalue weighted by molar-refractivity contribution is 6.34. The van der Waals surface area contributed by atoms with Gasteiger partial charge < -0.3 is 10.6 Å². The van der Waals surface area contributed by atoms with Crippen molar-refractivity contribution in [3.63, 3.8) is 0 Å². The SMILES string of the molecule is CN(CC(C)(C)C)c1cccc(Cl)c1C(=N)N. The molecule has 0 amide bonds. The van der Waals surface area contributed by atoms with Gasteiger partial charge in [-0.3, -0.25) is 5.41 Å². The number of hydrogen-bond donors (Lipinski definition) is 2. The van der Waals surface area contributed by atoms with E-state index in [1.807, 2.05) is 19.2 Å². The molecule has 0 saturated heterocycles. The number of nitrogens with zero attached hydrogens (tertiary/aromatic N) is 1. The molecule has 3 N–H and O–H groups in total. The topological polar surface area (TPSA) is 53.1 Å². The Morgan fingerprint density at radius 3 is 2.47 bits per heavy atom. The number of nitrogen functional groups attached to an aromatic ring is 1. The zero-order chi connectivity index (χ0) is 13.2. The van der Waals surface area contributed by atoms with Gasteiger partial charge >= 0.3 is 0 Å². The van der Waals surface area contributed by atoms with Crippen LogP contribution < -0.4 is 10.6 Å². The zero-order valence-corrected chi connectivity index (χ0v) is 11.6. The molecule has 0 aromatic heterocycles. The van der Waals surface area contributed by atoms with Crippen molar-refractivity contribution in [2.45, 2.75) is 20.8 Å². The molecule has 0 aliphatic carbocycles. The van der Waals surface area contributed by atoms with Gasteiger partial charge in [0.25, 0.3) is 0 Å². The molecule has 4 heteroatoms. The van der Waals surface area contributed by atoms with Gasteiger partial charge in [-0.1, -0.05) is 38.4 Å². The summed E-state index contributed by atoms with van der Waals surface area (Å²) < 4.78 is 0. The number of rotatable bonds is 3. The van der Waals surface area contributed by atoms with Gasteiger partial charge in [0.2, 0.25) is 0 Å². The summed E-state index contributed by atoms with van der Waals surface area (Å²) >= 11 is 6.09. The highest BCUT2D eigenvalue weighted by Gasteiger charge is 2.18. The van der Waals surface area contributed by atoms with Crippen LogP contribution in [0.1, 0.15) is 26.3 Å². The van der Waals surface area contributed by atoms with Crippen molar-refractivity contribution in [2.75, 3.05) is 18.5 Å². The Hall–Kier alpha value is -1.22. The molecule has 0 spiro atoms. The van der Waals surface area contributed by atoms with Crippen molar-refractivity contribution in [1.82, 2.24) is 0 Å². The number of hydrogen-bond acceptors (Lipinski definition) is 2. The maximum absolute atomic E-state index is 7.61. The Bertz CT molecular complexity index is 421. The Morgan fingerprint density at radius 2 is 2.00 bits per heavy atom. The summed E-state index contributed by atoms with van der Waals surface area (Å²) in [6.07, 6.45) is 0. The average Bonchev–Trinajstić information content (AvgIpc) is 2.13. The number of benzene rings is 1. The molecular formula is C13H20ClN3. The molecule has 0 fully saturated rings. The average molecular weight is 254 g/mol. The van der Waals surface area contributed by atoms with Gasteiger partial charge in [0, 0.05) is 19.3 Å². The van der Waals surface area contributed by atoms with Crippen LogP contribution >= 0.6 is 11.6 Å². The van der Waals surface area contributed by atoms with Gasteiger partial charge in [-0.05, 0) is 17.5 Å². The monoisotopic (exact) mass is 253 g/mol. The first-order valence-electron chi connectivity index (χ1n) is 5.56. The fraction of sp³-hybridized carbons (Fsp3) is 0.462. The van der Waals surface area contributed by atoms with E-state index >= 15 is 0 Å². The summed E-state index contributed by atoms with van der Waals surface area (Å²) in [6, 6.07) is 5.57. The molecule has 0 heterocycles. The first kappa shape index (κ1) is 13.8. The van der Waals surface area contributed by atoms with Crippen LogP contribution in [-0.4, -0.2) is 19.4 Å². The van der Waals surface area contributed by atoms with Crippen molar-refractivity contribution in [2.24, 2.45) is 11.1 Å². The van der Waals surface area contributed by atoms with E-state index in [1.165, 1.54) is 0 Å². The smallest absolute Gasteiger partial charge is 0.126 e. The molecule has 1 rings (SSSR count). The molecule has 0 radical (unpaired) electrons. The molecule has 0 saturated carbocycles. The molecule has 94 valence electrons. The van der Waals surface area contributed by atoms with Crippen molar-refractivity contribution in [1.29, 1.82) is 5.41 Å². The second kappa shape index (κ2) is 4.96. The highest BCUT2D eigenvalue weighted by atomic mass is 35.5. The third-order valence-corrected chi connectivity index (χ3v) is 2.70. The Balaban J connectivity index is 3.13. The second-order valence-corrected chi connectivity index (χ2v) is 5.87. The maximum atomic E-state index is 7.61. The van der Waals surface area contributed by atoms with E-state index < -0.39 is 0 Å². The zero-order valence-electron chi connectivity index (χ0n) is 10.8. The summed E-state index contributed by atoms with van der Waals surface area (Å²) in [5.41, 5.74) is 7.28. The van der Waals surface area contributed by atoms with Gasteiger partial charge in [0.1, 0.15) is 5.84 Å². The van der Waals surface area contributed by atoms with E-state index in [-0.39, 0.29) is 11.3 Å². The number of anilines is 1. The highest BCUT2D eigenvalue weighted by Crippen LogP contribution is 2.28. The van der Waals surface area contributed by atoms with Crippen LogP contribution in [0.15, 0.2) is 18.2 Å². The minimum atomic E-state index is 0.00589. The molecular weight excluding hydrogens is 234 g/mol. The predicted molar refractivity (Wildman–Crippen MR) is 75.2 cm³/mol. The maximum Gasteiger partial charge on any atom is 0.126 e. The van der Waals surface area contributed by atoms with Crippen molar-refractivity contribution in [3.8, 4) is 0 Å². The molecule has 1 aromatic rings. The summed E-state index contributed by atoms with van der Waals surface area (Å²) in [7, 11) is 1.99. The standard InChI is InChI=1S/C13H20ClN3/c1-13(2,3)8-17(4)10-7-5-6-9(14)11(10)12(15)16/h5-7H,8H2,1-4H3,(H3,15,16). The number of nitrogens with two attached hydrogens (primary N) is 1. The molecule has 0 atom stereocenters. The molecule has 3 nitrogen and oxygen atoms in total. The third kappa shape index (κ3) is 3.63. The fourth-order valence-electron chi connectivity index (χ4n) is 1.89. The molecule has 0 bridgehead atoms. The summed E-state index contributed by atoms with van der Waals surface area (Å²) in [5, 5.41) is 8.13. The molecule has 1 aromatic carbocycles. The first-order valence-corrected chi connectivity index (χ1v) is 5.94. The van der Waals surface area contributed by atoms with E-state index in [1.54, 1.807) is 6.07 Å². The lowest BCUT2D eigenvalue weighted by atomic mass is 9.95. The van der Waals surface area contributed by atoms with Crippen LogP contribution in [0.2, 0.25) is 5.02 Å². The number of amidine groups is 1. The first-order chi connectivity index (χ1) is 7.72. The molecule has 0 aliphatic rings. The van der Waals surface area contributed by atoms with Gasteiger partial charge in [-0.15, -0.1) is 0 Å². The minimum Gasteiger partial charge on any atom is -0.384 e. The second-order valence-electron chi connectivity index (χ2n) is 5.46. The Labute approximate surface area is 108 Å². The van der Waals surface area contributed by atoms with E-state index in [0.717, 1.165) is 12.2 Å². The van der Waals surface area contributed by atoms with Crippen molar-refractivity contribution in [3.05, 3.63) is 28.8 Å². The van der Waals surface area contributed by atoms with Crippen molar-refractivity contribution >= 4 is 23.1 Å². The lowest BCUT2D eigenvalue weighted by Gasteiger charge is -2.29.